The van der Waals surface area contributed by atoms with E-state index in [0.29, 0.717) is 0 Å². The average Bonchev–Trinajstić information content (AvgIpc) is 3.03. The van der Waals surface area contributed by atoms with Crippen LogP contribution in [0.3, 0.4) is 0 Å². The molecule has 0 atom stereocenters. The number of nitrogens with one attached hydrogen (secondary N) is 1. The lowest BCUT2D eigenvalue weighted by atomic mass is 10.1. The highest BCUT2D eigenvalue weighted by Crippen LogP contribution is 2.25. The highest BCUT2D eigenvalue weighted by molar-refractivity contribution is 5.92. The smallest absolute Gasteiger partial charge is 0.215 e. The van der Waals surface area contributed by atoms with Gasteiger partial charge in [-0.3, -0.25) is 0 Å². The molecule has 0 unspecified atom stereocenters. The Balaban J connectivity index is 1.94. The molecule has 5 heteroatoms. The maximum atomic E-state index is 4.80. The molecule has 4 aromatic rings. The molecule has 2 aromatic carbocycles. The second-order valence-corrected chi connectivity index (χ2v) is 6.01. The van der Waals surface area contributed by atoms with Gasteiger partial charge in [0.15, 0.2) is 5.65 Å². The summed E-state index contributed by atoms with van der Waals surface area (Å²) in [6.45, 7) is 6.30. The molecule has 0 aliphatic carbocycles. The summed E-state index contributed by atoms with van der Waals surface area (Å²) in [7, 11) is 0. The van der Waals surface area contributed by atoms with Crippen LogP contribution in [0.4, 0.5) is 11.6 Å². The van der Waals surface area contributed by atoms with Gasteiger partial charge in [-0.2, -0.15) is 0 Å². The maximum Gasteiger partial charge on any atom is 0.215 e. The fraction of sp³-hybridized carbons (Fsp3) is 0.211. The molecule has 0 saturated heterocycles. The van der Waals surface area contributed by atoms with Gasteiger partial charge in [0.1, 0.15) is 5.82 Å². The Kier molecular flexibility index (Phi) is 3.41. The van der Waals surface area contributed by atoms with E-state index in [1.165, 1.54) is 11.1 Å². The first kappa shape index (κ1) is 14.6. The number of para-hydroxylation sites is 1. The van der Waals surface area contributed by atoms with Gasteiger partial charge in [0.25, 0.3) is 0 Å². The van der Waals surface area contributed by atoms with Crippen molar-refractivity contribution in [3.63, 3.8) is 0 Å². The van der Waals surface area contributed by atoms with E-state index in [1.54, 1.807) is 0 Å². The predicted molar refractivity (Wildman–Crippen MR) is 96.9 cm³/mol. The second kappa shape index (κ2) is 5.60. The Hall–Kier alpha value is -2.95. The van der Waals surface area contributed by atoms with Gasteiger partial charge in [-0.05, 0) is 49.2 Å². The van der Waals surface area contributed by atoms with Crippen molar-refractivity contribution >= 4 is 28.2 Å². The van der Waals surface area contributed by atoms with Gasteiger partial charge in [0.05, 0.1) is 5.52 Å². The molecule has 1 N–H and O–H groups in total. The molecule has 0 fully saturated rings. The van der Waals surface area contributed by atoms with E-state index in [9.17, 15) is 0 Å². The Morgan fingerprint density at radius 1 is 1.00 bits per heavy atom. The molecule has 24 heavy (non-hydrogen) atoms. The minimum absolute atomic E-state index is 0.744. The van der Waals surface area contributed by atoms with Crippen molar-refractivity contribution in [2.24, 2.45) is 0 Å². The molecule has 4 rings (SSSR count). The summed E-state index contributed by atoms with van der Waals surface area (Å²) < 4.78 is 2.01. The molecule has 120 valence electrons. The number of benzene rings is 2. The Morgan fingerprint density at radius 2 is 1.83 bits per heavy atom. The summed E-state index contributed by atoms with van der Waals surface area (Å²) in [5.74, 6) is 1.64. The van der Waals surface area contributed by atoms with Crippen molar-refractivity contribution in [3.8, 4) is 0 Å². The number of aryl methyl sites for hydroxylation is 3. The average molecular weight is 317 g/mol. The lowest BCUT2D eigenvalue weighted by Crippen LogP contribution is -2.05. The molecule has 2 heterocycles. The van der Waals surface area contributed by atoms with Gasteiger partial charge >= 0.3 is 0 Å². The fourth-order valence-corrected chi connectivity index (χ4v) is 2.90. The van der Waals surface area contributed by atoms with Crippen molar-refractivity contribution < 1.29 is 0 Å². The number of nitrogens with zero attached hydrogens (tertiary/aromatic N) is 4. The number of aromatic nitrogens is 4. The SMILES string of the molecule is CCc1nnc2c3ccccc3nc(Nc3ccc(C)c(C)c3)n12. The predicted octanol–water partition coefficient (Wildman–Crippen LogP) is 4.20. The molecule has 0 amide bonds. The highest BCUT2D eigenvalue weighted by atomic mass is 15.3. The fourth-order valence-electron chi connectivity index (χ4n) is 2.90. The molecular weight excluding hydrogens is 298 g/mol. The number of hydrogen-bond acceptors (Lipinski definition) is 4. The molecule has 0 saturated carbocycles. The molecule has 0 bridgehead atoms. The molecule has 0 radical (unpaired) electrons. The van der Waals surface area contributed by atoms with Crippen LogP contribution in [0.1, 0.15) is 23.9 Å². The second-order valence-electron chi connectivity index (χ2n) is 6.01. The van der Waals surface area contributed by atoms with Gasteiger partial charge in [0.2, 0.25) is 5.95 Å². The van der Waals surface area contributed by atoms with Crippen LogP contribution < -0.4 is 5.32 Å². The van der Waals surface area contributed by atoms with Crippen LogP contribution in [0, 0.1) is 13.8 Å². The van der Waals surface area contributed by atoms with Crippen LogP contribution in [0.15, 0.2) is 42.5 Å². The van der Waals surface area contributed by atoms with Crippen LogP contribution in [-0.2, 0) is 6.42 Å². The van der Waals surface area contributed by atoms with E-state index in [-0.39, 0.29) is 0 Å². The first-order chi connectivity index (χ1) is 11.7. The van der Waals surface area contributed by atoms with Crippen LogP contribution in [0.5, 0.6) is 0 Å². The van der Waals surface area contributed by atoms with E-state index in [0.717, 1.165) is 40.4 Å². The number of fused-ring (bicyclic) bond motifs is 3. The lowest BCUT2D eigenvalue weighted by Gasteiger charge is -2.12. The lowest BCUT2D eigenvalue weighted by molar-refractivity contribution is 0.904. The monoisotopic (exact) mass is 317 g/mol. The normalized spacial score (nSPS) is 11.3. The molecule has 2 aromatic heterocycles. The van der Waals surface area contributed by atoms with Gasteiger partial charge in [0, 0.05) is 17.5 Å². The Labute approximate surface area is 140 Å². The summed E-state index contributed by atoms with van der Waals surface area (Å²) in [6.07, 6.45) is 0.794. The zero-order valence-electron chi connectivity index (χ0n) is 14.0. The van der Waals surface area contributed by atoms with E-state index in [1.807, 2.05) is 28.7 Å². The van der Waals surface area contributed by atoms with E-state index >= 15 is 0 Å². The minimum atomic E-state index is 0.744. The first-order valence-electron chi connectivity index (χ1n) is 8.14. The molecule has 0 aliphatic heterocycles. The molecular formula is C19H19N5. The maximum absolute atomic E-state index is 4.80. The largest absolute Gasteiger partial charge is 0.325 e. The topological polar surface area (TPSA) is 55.1 Å². The molecule has 0 aliphatic rings. The first-order valence-corrected chi connectivity index (χ1v) is 8.14. The van der Waals surface area contributed by atoms with Crippen LogP contribution in [0.25, 0.3) is 16.6 Å². The van der Waals surface area contributed by atoms with E-state index in [4.69, 9.17) is 4.98 Å². The Morgan fingerprint density at radius 3 is 2.62 bits per heavy atom. The van der Waals surface area contributed by atoms with Crippen LogP contribution in [-0.4, -0.2) is 19.6 Å². The van der Waals surface area contributed by atoms with Gasteiger partial charge in [-0.1, -0.05) is 25.1 Å². The number of anilines is 2. The zero-order chi connectivity index (χ0) is 16.7. The minimum Gasteiger partial charge on any atom is -0.325 e. The summed E-state index contributed by atoms with van der Waals surface area (Å²) in [4.78, 5) is 4.80. The van der Waals surface area contributed by atoms with Crippen molar-refractivity contribution in [3.05, 3.63) is 59.4 Å². The van der Waals surface area contributed by atoms with Crippen LogP contribution in [0.2, 0.25) is 0 Å². The van der Waals surface area contributed by atoms with Crippen molar-refractivity contribution in [1.29, 1.82) is 0 Å². The quantitative estimate of drug-likeness (QED) is 0.615. The van der Waals surface area contributed by atoms with E-state index in [2.05, 4.69) is 54.5 Å². The van der Waals surface area contributed by atoms with Crippen LogP contribution >= 0.6 is 0 Å². The van der Waals surface area contributed by atoms with Gasteiger partial charge in [-0.25, -0.2) is 9.38 Å². The third-order valence-corrected chi connectivity index (χ3v) is 4.39. The highest BCUT2D eigenvalue weighted by Gasteiger charge is 2.14. The van der Waals surface area contributed by atoms with Crippen molar-refractivity contribution in [2.45, 2.75) is 27.2 Å². The van der Waals surface area contributed by atoms with Gasteiger partial charge < -0.3 is 5.32 Å². The number of rotatable bonds is 3. The third-order valence-electron chi connectivity index (χ3n) is 4.39. The summed E-state index contributed by atoms with van der Waals surface area (Å²) in [5, 5.41) is 13.2. The van der Waals surface area contributed by atoms with Crippen molar-refractivity contribution in [2.75, 3.05) is 5.32 Å². The molecule has 5 nitrogen and oxygen atoms in total. The summed E-state index contributed by atoms with van der Waals surface area (Å²) in [6, 6.07) is 14.3. The zero-order valence-corrected chi connectivity index (χ0v) is 14.0. The number of hydrogen-bond donors (Lipinski definition) is 1. The summed E-state index contributed by atoms with van der Waals surface area (Å²) >= 11 is 0. The Bertz CT molecular complexity index is 1050. The van der Waals surface area contributed by atoms with Gasteiger partial charge in [-0.15, -0.1) is 10.2 Å². The third kappa shape index (κ3) is 2.29. The standard InChI is InChI=1S/C19H19N5/c1-4-17-22-23-18-15-7-5-6-8-16(15)21-19(24(17)18)20-14-10-9-12(2)13(3)11-14/h5-11H,4H2,1-3H3,(H,20,21). The van der Waals surface area contributed by atoms with Crippen molar-refractivity contribution in [1.82, 2.24) is 19.6 Å². The summed E-state index contributed by atoms with van der Waals surface area (Å²) in [5.41, 5.74) is 5.28. The molecule has 0 spiro atoms. The van der Waals surface area contributed by atoms with E-state index < -0.39 is 0 Å².